The summed E-state index contributed by atoms with van der Waals surface area (Å²) in [7, 11) is 0. The summed E-state index contributed by atoms with van der Waals surface area (Å²) in [6.45, 7) is 1.35. The number of H-pyrrole nitrogens is 1. The van der Waals surface area contributed by atoms with Crippen LogP contribution in [0.5, 0.6) is 0 Å². The van der Waals surface area contributed by atoms with Crippen molar-refractivity contribution in [3.8, 4) is 0 Å². The summed E-state index contributed by atoms with van der Waals surface area (Å²) in [5.74, 6) is 0. The van der Waals surface area contributed by atoms with Gasteiger partial charge in [-0.25, -0.2) is 9.18 Å². The van der Waals surface area contributed by atoms with Gasteiger partial charge in [-0.15, -0.1) is 0 Å². The fraction of sp³-hybridized carbons (Fsp3) is 0.636. The number of aromatic amines is 1. The highest BCUT2D eigenvalue weighted by molar-refractivity contribution is 5.04. The van der Waals surface area contributed by atoms with Crippen molar-refractivity contribution in [2.45, 2.75) is 38.3 Å². The number of aliphatic hydroxyl groups excluding tert-OH is 1. The number of ether oxygens (including phenoxy) is 1. The average Bonchev–Trinajstić information content (AvgIpc) is 2.70. The van der Waals surface area contributed by atoms with Crippen LogP contribution in [0.1, 0.15) is 25.1 Å². The van der Waals surface area contributed by atoms with E-state index in [4.69, 9.17) is 9.84 Å². The molecule has 1 fully saturated rings. The molecule has 0 spiro atoms. The van der Waals surface area contributed by atoms with E-state index in [9.17, 15) is 14.0 Å². The Hall–Kier alpha value is -1.47. The Morgan fingerprint density at radius 3 is 2.89 bits per heavy atom. The summed E-state index contributed by atoms with van der Waals surface area (Å²) >= 11 is 0. The van der Waals surface area contributed by atoms with Crippen molar-refractivity contribution in [3.63, 3.8) is 0 Å². The minimum Gasteiger partial charge on any atom is -0.394 e. The van der Waals surface area contributed by atoms with Gasteiger partial charge in [-0.2, -0.15) is 0 Å². The first-order valence-electron chi connectivity index (χ1n) is 5.81. The Morgan fingerprint density at radius 2 is 2.33 bits per heavy atom. The molecule has 0 bridgehead atoms. The minimum atomic E-state index is -1.32. The van der Waals surface area contributed by atoms with Crippen molar-refractivity contribution in [3.05, 3.63) is 32.6 Å². The summed E-state index contributed by atoms with van der Waals surface area (Å²) < 4.78 is 19.9. The minimum absolute atomic E-state index is 0.0136. The molecule has 3 atom stereocenters. The lowest BCUT2D eigenvalue weighted by Crippen LogP contribution is -2.34. The lowest BCUT2D eigenvalue weighted by Gasteiger charge is -2.14. The van der Waals surface area contributed by atoms with E-state index < -0.39 is 36.4 Å². The number of aliphatic hydroxyl groups is 1. The molecule has 18 heavy (non-hydrogen) atoms. The third-order valence-electron chi connectivity index (χ3n) is 3.07. The van der Waals surface area contributed by atoms with Gasteiger partial charge in [0.05, 0.1) is 6.61 Å². The maximum Gasteiger partial charge on any atom is 0.330 e. The van der Waals surface area contributed by atoms with Crippen LogP contribution >= 0.6 is 0 Å². The van der Waals surface area contributed by atoms with Crippen molar-refractivity contribution in [1.29, 1.82) is 0 Å². The first-order chi connectivity index (χ1) is 8.56. The van der Waals surface area contributed by atoms with Gasteiger partial charge in [-0.05, 0) is 6.42 Å². The third-order valence-corrected chi connectivity index (χ3v) is 3.07. The predicted molar refractivity (Wildman–Crippen MR) is 61.2 cm³/mol. The molecule has 1 aliphatic heterocycles. The molecule has 0 saturated carbocycles. The Bertz CT molecular complexity index is 539. The molecule has 1 unspecified atom stereocenters. The van der Waals surface area contributed by atoms with E-state index in [0.29, 0.717) is 12.0 Å². The number of halogens is 1. The number of hydrogen-bond acceptors (Lipinski definition) is 4. The molecule has 2 N–H and O–H groups in total. The number of aryl methyl sites for hydroxylation is 1. The average molecular weight is 258 g/mol. The zero-order chi connectivity index (χ0) is 13.3. The van der Waals surface area contributed by atoms with Crippen LogP contribution in [-0.2, 0) is 11.2 Å². The van der Waals surface area contributed by atoms with Gasteiger partial charge < -0.3 is 9.84 Å². The quantitative estimate of drug-likeness (QED) is 0.780. The highest BCUT2D eigenvalue weighted by Gasteiger charge is 2.36. The summed E-state index contributed by atoms with van der Waals surface area (Å²) in [5.41, 5.74) is -0.638. The molecular weight excluding hydrogens is 243 g/mol. The molecule has 100 valence electrons. The van der Waals surface area contributed by atoms with Crippen LogP contribution in [0.2, 0.25) is 0 Å². The monoisotopic (exact) mass is 258 g/mol. The first-order valence-corrected chi connectivity index (χ1v) is 5.81. The van der Waals surface area contributed by atoms with Crippen molar-refractivity contribution in [2.75, 3.05) is 6.61 Å². The number of nitrogens with zero attached hydrogens (tertiary/aromatic N) is 1. The molecule has 1 aliphatic rings. The van der Waals surface area contributed by atoms with Gasteiger partial charge in [0.1, 0.15) is 18.5 Å². The van der Waals surface area contributed by atoms with Crippen LogP contribution in [-0.4, -0.2) is 33.5 Å². The van der Waals surface area contributed by atoms with E-state index in [2.05, 4.69) is 4.98 Å². The van der Waals surface area contributed by atoms with E-state index in [-0.39, 0.29) is 6.42 Å². The fourth-order valence-corrected chi connectivity index (χ4v) is 2.02. The molecular formula is C11H15FN2O4. The zero-order valence-electron chi connectivity index (χ0n) is 9.93. The molecule has 0 aromatic carbocycles. The predicted octanol–water partition coefficient (Wildman–Crippen LogP) is -0.283. The van der Waals surface area contributed by atoms with Gasteiger partial charge in [0.15, 0.2) is 0 Å². The fourth-order valence-electron chi connectivity index (χ4n) is 2.02. The van der Waals surface area contributed by atoms with Crippen LogP contribution in [0, 0.1) is 0 Å². The molecule has 0 radical (unpaired) electrons. The number of hydrogen-bond donors (Lipinski definition) is 2. The summed E-state index contributed by atoms with van der Waals surface area (Å²) in [6, 6.07) is 0. The smallest absolute Gasteiger partial charge is 0.330 e. The van der Waals surface area contributed by atoms with E-state index in [0.717, 1.165) is 0 Å². The van der Waals surface area contributed by atoms with Crippen molar-refractivity contribution >= 4 is 0 Å². The second-order valence-electron chi connectivity index (χ2n) is 4.24. The topological polar surface area (TPSA) is 84.3 Å². The number of alkyl halides is 1. The van der Waals surface area contributed by atoms with Gasteiger partial charge in [0.25, 0.3) is 5.56 Å². The Morgan fingerprint density at radius 1 is 1.61 bits per heavy atom. The van der Waals surface area contributed by atoms with E-state index in [1.807, 2.05) is 0 Å². The lowest BCUT2D eigenvalue weighted by atomic mass is 10.2. The van der Waals surface area contributed by atoms with E-state index in [1.54, 1.807) is 6.92 Å². The lowest BCUT2D eigenvalue weighted by molar-refractivity contribution is -0.0357. The van der Waals surface area contributed by atoms with Crippen LogP contribution in [0.25, 0.3) is 0 Å². The Labute approximate surface area is 102 Å². The highest BCUT2D eigenvalue weighted by Crippen LogP contribution is 2.29. The SMILES string of the molecule is CCc1cn([C@H]2CC(F)[C@@H](CO)O2)c(=O)[nH]c1=O. The van der Waals surface area contributed by atoms with Crippen LogP contribution in [0.4, 0.5) is 4.39 Å². The number of aromatic nitrogens is 2. The highest BCUT2D eigenvalue weighted by atomic mass is 19.1. The third kappa shape index (κ3) is 2.23. The molecule has 0 amide bonds. The first kappa shape index (κ1) is 13.0. The normalized spacial score (nSPS) is 27.6. The van der Waals surface area contributed by atoms with Crippen LogP contribution < -0.4 is 11.2 Å². The van der Waals surface area contributed by atoms with Gasteiger partial charge in [-0.1, -0.05) is 6.92 Å². The van der Waals surface area contributed by atoms with E-state index in [1.165, 1.54) is 10.8 Å². The summed E-state index contributed by atoms with van der Waals surface area (Å²) in [6.07, 6.45) is -1.18. The zero-order valence-corrected chi connectivity index (χ0v) is 9.93. The standard InChI is InChI=1S/C11H15FN2O4/c1-2-6-4-14(11(17)13-10(6)16)9-3-7(12)8(5-15)18-9/h4,7-9,15H,2-3,5H2,1H3,(H,13,16,17)/t7?,8-,9-/m1/s1. The van der Waals surface area contributed by atoms with Crippen LogP contribution in [0.15, 0.2) is 15.8 Å². The molecule has 2 rings (SSSR count). The second-order valence-corrected chi connectivity index (χ2v) is 4.24. The van der Waals surface area contributed by atoms with Gasteiger partial charge in [0, 0.05) is 18.2 Å². The van der Waals surface area contributed by atoms with Crippen molar-refractivity contribution < 1.29 is 14.2 Å². The Balaban J connectivity index is 2.35. The molecule has 1 aromatic rings. The van der Waals surface area contributed by atoms with Crippen molar-refractivity contribution in [2.24, 2.45) is 0 Å². The van der Waals surface area contributed by atoms with E-state index >= 15 is 0 Å². The molecule has 1 aromatic heterocycles. The van der Waals surface area contributed by atoms with Crippen molar-refractivity contribution in [1.82, 2.24) is 9.55 Å². The number of nitrogens with one attached hydrogen (secondary N) is 1. The maximum atomic E-state index is 13.4. The largest absolute Gasteiger partial charge is 0.394 e. The summed E-state index contributed by atoms with van der Waals surface area (Å²) in [4.78, 5) is 25.2. The molecule has 0 aliphatic carbocycles. The number of rotatable bonds is 3. The second kappa shape index (κ2) is 5.03. The van der Waals surface area contributed by atoms with Gasteiger partial charge in [0.2, 0.25) is 0 Å². The van der Waals surface area contributed by atoms with Gasteiger partial charge in [-0.3, -0.25) is 14.3 Å². The summed E-state index contributed by atoms with van der Waals surface area (Å²) in [5, 5.41) is 8.91. The molecule has 7 heteroatoms. The van der Waals surface area contributed by atoms with Crippen LogP contribution in [0.3, 0.4) is 0 Å². The Kier molecular flexibility index (Phi) is 3.63. The molecule has 2 heterocycles. The maximum absolute atomic E-state index is 13.4. The molecule has 6 nitrogen and oxygen atoms in total. The molecule has 1 saturated heterocycles. The van der Waals surface area contributed by atoms with Gasteiger partial charge >= 0.3 is 5.69 Å².